The minimum Gasteiger partial charge on any atom is -0.495 e. The lowest BCUT2D eigenvalue weighted by molar-refractivity contribution is 0.417. The third kappa shape index (κ3) is 3.60. The summed E-state index contributed by atoms with van der Waals surface area (Å²) >= 11 is 12.3. The molecule has 3 N–H and O–H groups in total. The molecule has 2 aromatic carbocycles. The minimum absolute atomic E-state index is 0.349. The Morgan fingerprint density at radius 1 is 1.00 bits per heavy atom. The van der Waals surface area contributed by atoms with Crippen molar-refractivity contribution in [3.63, 3.8) is 0 Å². The van der Waals surface area contributed by atoms with E-state index in [2.05, 4.69) is 30.8 Å². The van der Waals surface area contributed by atoms with Gasteiger partial charge >= 0.3 is 0 Å². The number of rotatable bonds is 5. The Labute approximate surface area is 164 Å². The zero-order valence-corrected chi connectivity index (χ0v) is 15.6. The smallest absolute Gasteiger partial charge is 0.231 e. The van der Waals surface area contributed by atoms with Gasteiger partial charge in [0.2, 0.25) is 5.95 Å². The molecule has 0 atom stereocenters. The molecule has 7 nitrogen and oxygen atoms in total. The highest BCUT2D eigenvalue weighted by atomic mass is 35.5. The number of para-hydroxylation sites is 1. The summed E-state index contributed by atoms with van der Waals surface area (Å²) in [6.45, 7) is 0. The second-order valence-corrected chi connectivity index (χ2v) is 6.45. The molecule has 2 heterocycles. The molecule has 0 radical (unpaired) electrons. The number of anilines is 4. The number of aromatic nitrogens is 4. The monoisotopic (exact) mass is 400 g/mol. The van der Waals surface area contributed by atoms with Gasteiger partial charge in [0.15, 0.2) is 5.65 Å². The Bertz CT molecular complexity index is 1110. The molecule has 0 bridgehead atoms. The summed E-state index contributed by atoms with van der Waals surface area (Å²) in [5, 5.41) is 15.1. The lowest BCUT2D eigenvalue weighted by Gasteiger charge is -2.13. The second-order valence-electron chi connectivity index (χ2n) is 5.60. The first-order valence-corrected chi connectivity index (χ1v) is 8.73. The highest BCUT2D eigenvalue weighted by Crippen LogP contribution is 2.32. The van der Waals surface area contributed by atoms with Gasteiger partial charge in [0.1, 0.15) is 11.6 Å². The van der Waals surface area contributed by atoms with Crippen molar-refractivity contribution in [3.8, 4) is 5.75 Å². The number of nitrogens with zero attached hydrogens (tertiary/aromatic N) is 3. The Morgan fingerprint density at radius 2 is 1.85 bits per heavy atom. The molecular formula is C18H14Cl2N6O. The van der Waals surface area contributed by atoms with Crippen LogP contribution in [0.1, 0.15) is 0 Å². The molecule has 4 aromatic rings. The van der Waals surface area contributed by atoms with E-state index in [1.54, 1.807) is 37.6 Å². The molecule has 136 valence electrons. The third-order valence-electron chi connectivity index (χ3n) is 3.84. The molecule has 0 aliphatic heterocycles. The number of methoxy groups -OCH3 is 1. The van der Waals surface area contributed by atoms with Crippen LogP contribution in [0.3, 0.4) is 0 Å². The highest BCUT2D eigenvalue weighted by Gasteiger charge is 2.13. The van der Waals surface area contributed by atoms with Crippen molar-refractivity contribution in [2.45, 2.75) is 0 Å². The van der Waals surface area contributed by atoms with Crippen molar-refractivity contribution in [3.05, 3.63) is 58.7 Å². The van der Waals surface area contributed by atoms with Crippen LogP contribution in [0.25, 0.3) is 11.0 Å². The van der Waals surface area contributed by atoms with Crippen molar-refractivity contribution in [2.24, 2.45) is 0 Å². The molecule has 0 spiro atoms. The van der Waals surface area contributed by atoms with E-state index in [9.17, 15) is 0 Å². The van der Waals surface area contributed by atoms with Gasteiger partial charge in [-0.2, -0.15) is 15.1 Å². The van der Waals surface area contributed by atoms with Gasteiger partial charge in [-0.1, -0.05) is 35.3 Å². The van der Waals surface area contributed by atoms with Crippen LogP contribution >= 0.6 is 23.2 Å². The lowest BCUT2D eigenvalue weighted by atomic mass is 10.3. The average Bonchev–Trinajstić information content (AvgIpc) is 3.13. The standard InChI is InChI=1S/C18H14Cl2N6O/c1-27-15-7-6-10(19)8-14(15)23-18-24-16(11-9-21-26-17(11)25-18)22-13-5-3-2-4-12(13)20/h2-9H,1H3,(H3,21,22,23,24,25,26). The van der Waals surface area contributed by atoms with E-state index in [4.69, 9.17) is 27.9 Å². The fourth-order valence-corrected chi connectivity index (χ4v) is 2.93. The number of benzene rings is 2. The van der Waals surface area contributed by atoms with E-state index in [0.717, 1.165) is 11.1 Å². The van der Waals surface area contributed by atoms with Crippen LogP contribution in [-0.4, -0.2) is 27.3 Å². The molecule has 0 unspecified atom stereocenters. The molecule has 27 heavy (non-hydrogen) atoms. The number of hydrogen-bond acceptors (Lipinski definition) is 6. The maximum Gasteiger partial charge on any atom is 0.231 e. The first-order chi connectivity index (χ1) is 13.1. The van der Waals surface area contributed by atoms with Gasteiger partial charge in [-0.05, 0) is 30.3 Å². The molecule has 9 heteroatoms. The van der Waals surface area contributed by atoms with Crippen molar-refractivity contribution >= 4 is 57.4 Å². The molecule has 0 saturated heterocycles. The van der Waals surface area contributed by atoms with Gasteiger partial charge in [0.05, 0.1) is 35.1 Å². The topological polar surface area (TPSA) is 87.8 Å². The summed E-state index contributed by atoms with van der Waals surface area (Å²) in [6, 6.07) is 12.7. The maximum absolute atomic E-state index is 6.25. The number of fused-ring (bicyclic) bond motifs is 1. The molecule has 4 rings (SSSR count). The van der Waals surface area contributed by atoms with Gasteiger partial charge in [-0.25, -0.2) is 0 Å². The number of ether oxygens (including phenoxy) is 1. The summed E-state index contributed by atoms with van der Waals surface area (Å²) in [6.07, 6.45) is 1.65. The van der Waals surface area contributed by atoms with Gasteiger partial charge in [0.25, 0.3) is 0 Å². The predicted octanol–water partition coefficient (Wildman–Crippen LogP) is 5.16. The van der Waals surface area contributed by atoms with Crippen LogP contribution < -0.4 is 15.4 Å². The van der Waals surface area contributed by atoms with Gasteiger partial charge in [-0.3, -0.25) is 5.10 Å². The first-order valence-electron chi connectivity index (χ1n) is 7.97. The lowest BCUT2D eigenvalue weighted by Crippen LogP contribution is -2.03. The Balaban J connectivity index is 1.75. The van der Waals surface area contributed by atoms with E-state index in [1.165, 1.54) is 0 Å². The van der Waals surface area contributed by atoms with Gasteiger partial charge in [-0.15, -0.1) is 0 Å². The zero-order chi connectivity index (χ0) is 18.8. The number of nitrogens with one attached hydrogen (secondary N) is 3. The zero-order valence-electron chi connectivity index (χ0n) is 14.1. The molecule has 0 saturated carbocycles. The molecule has 0 fully saturated rings. The number of aromatic amines is 1. The average molecular weight is 401 g/mol. The van der Waals surface area contributed by atoms with Crippen molar-refractivity contribution in [2.75, 3.05) is 17.7 Å². The molecule has 0 aliphatic carbocycles. The predicted molar refractivity (Wildman–Crippen MR) is 108 cm³/mol. The van der Waals surface area contributed by atoms with Gasteiger partial charge < -0.3 is 15.4 Å². The summed E-state index contributed by atoms with van der Waals surface area (Å²) in [4.78, 5) is 9.01. The summed E-state index contributed by atoms with van der Waals surface area (Å²) < 4.78 is 5.36. The SMILES string of the molecule is COc1ccc(Cl)cc1Nc1nc(Nc2ccccc2Cl)c2cn[nH]c2n1. The Morgan fingerprint density at radius 3 is 2.67 bits per heavy atom. The van der Waals surface area contributed by atoms with Crippen LogP contribution in [-0.2, 0) is 0 Å². The molecular weight excluding hydrogens is 387 g/mol. The van der Waals surface area contributed by atoms with Crippen molar-refractivity contribution in [1.82, 2.24) is 20.2 Å². The van der Waals surface area contributed by atoms with E-state index in [-0.39, 0.29) is 0 Å². The van der Waals surface area contributed by atoms with E-state index in [0.29, 0.717) is 38.9 Å². The number of halogens is 2. The third-order valence-corrected chi connectivity index (χ3v) is 4.41. The Hall–Kier alpha value is -3.03. The molecule has 2 aromatic heterocycles. The van der Waals surface area contributed by atoms with E-state index >= 15 is 0 Å². The maximum atomic E-state index is 6.25. The number of hydrogen-bond donors (Lipinski definition) is 3. The van der Waals surface area contributed by atoms with Gasteiger partial charge in [0, 0.05) is 5.02 Å². The highest BCUT2D eigenvalue weighted by molar-refractivity contribution is 6.33. The van der Waals surface area contributed by atoms with Crippen molar-refractivity contribution < 1.29 is 4.74 Å². The number of H-pyrrole nitrogens is 1. The second kappa shape index (κ2) is 7.30. The fraction of sp³-hybridized carbons (Fsp3) is 0.0556. The van der Waals surface area contributed by atoms with Crippen LogP contribution in [0.4, 0.5) is 23.1 Å². The summed E-state index contributed by atoms with van der Waals surface area (Å²) in [5.41, 5.74) is 1.95. The van der Waals surface area contributed by atoms with Crippen LogP contribution in [0.5, 0.6) is 5.75 Å². The normalized spacial score (nSPS) is 10.8. The summed E-state index contributed by atoms with van der Waals surface area (Å²) in [5.74, 6) is 1.53. The van der Waals surface area contributed by atoms with Crippen LogP contribution in [0.15, 0.2) is 48.7 Å². The molecule has 0 aliphatic rings. The quantitative estimate of drug-likeness (QED) is 0.428. The summed E-state index contributed by atoms with van der Waals surface area (Å²) in [7, 11) is 1.58. The first kappa shape index (κ1) is 17.4. The van der Waals surface area contributed by atoms with Crippen LogP contribution in [0, 0.1) is 0 Å². The minimum atomic E-state index is 0.349. The van der Waals surface area contributed by atoms with Crippen LogP contribution in [0.2, 0.25) is 10.0 Å². The van der Waals surface area contributed by atoms with Crippen molar-refractivity contribution in [1.29, 1.82) is 0 Å². The largest absolute Gasteiger partial charge is 0.495 e. The van der Waals surface area contributed by atoms with E-state index < -0.39 is 0 Å². The molecule has 0 amide bonds. The van der Waals surface area contributed by atoms with E-state index in [1.807, 2.05) is 18.2 Å². The Kier molecular flexibility index (Phi) is 4.70. The fourth-order valence-electron chi connectivity index (χ4n) is 2.57.